The van der Waals surface area contributed by atoms with Crippen LogP contribution in [0.2, 0.25) is 0 Å². The molecule has 2 aromatic heterocycles. The number of nitrogen functional groups attached to an aromatic ring is 1. The molecule has 2 rings (SSSR count). The summed E-state index contributed by atoms with van der Waals surface area (Å²) in [6.07, 6.45) is 0. The molecule has 0 saturated carbocycles. The van der Waals surface area contributed by atoms with Crippen LogP contribution < -0.4 is 11.1 Å². The van der Waals surface area contributed by atoms with Crippen LogP contribution in [-0.2, 0) is 6.54 Å². The Kier molecular flexibility index (Phi) is 3.61. The Bertz CT molecular complexity index is 573. The van der Waals surface area contributed by atoms with Gasteiger partial charge in [-0.2, -0.15) is 5.26 Å². The number of thiophene rings is 1. The standard InChI is InChI=1S/C11H9BrN4S/c12-7-3-8(17-6-7)5-15-11-2-1-9(14)10(4-13)16-11/h1-3,6H,5,14H2,(H,15,16). The summed E-state index contributed by atoms with van der Waals surface area (Å²) in [6, 6.07) is 7.44. The van der Waals surface area contributed by atoms with Crippen LogP contribution >= 0.6 is 27.3 Å². The average molecular weight is 309 g/mol. The molecule has 3 N–H and O–H groups in total. The molecule has 0 spiro atoms. The first-order chi connectivity index (χ1) is 8.19. The van der Waals surface area contributed by atoms with Gasteiger partial charge in [0.1, 0.15) is 11.9 Å². The van der Waals surface area contributed by atoms with Crippen LogP contribution in [0.1, 0.15) is 10.6 Å². The number of halogens is 1. The molecule has 2 aromatic rings. The maximum atomic E-state index is 8.81. The number of nitrogens with zero attached hydrogens (tertiary/aromatic N) is 2. The molecule has 0 fully saturated rings. The van der Waals surface area contributed by atoms with Gasteiger partial charge in [-0.05, 0) is 34.1 Å². The zero-order valence-electron chi connectivity index (χ0n) is 8.77. The van der Waals surface area contributed by atoms with Crippen LogP contribution in [-0.4, -0.2) is 4.98 Å². The van der Waals surface area contributed by atoms with Gasteiger partial charge in [0.15, 0.2) is 5.69 Å². The molecular weight excluding hydrogens is 300 g/mol. The van der Waals surface area contributed by atoms with E-state index in [4.69, 9.17) is 11.0 Å². The van der Waals surface area contributed by atoms with Crippen molar-refractivity contribution in [2.75, 3.05) is 11.1 Å². The molecular formula is C11H9BrN4S. The van der Waals surface area contributed by atoms with Crippen molar-refractivity contribution in [3.05, 3.63) is 38.6 Å². The SMILES string of the molecule is N#Cc1nc(NCc2cc(Br)cs2)ccc1N. The third-order valence-electron chi connectivity index (χ3n) is 2.10. The second kappa shape index (κ2) is 5.17. The molecule has 0 saturated heterocycles. The van der Waals surface area contributed by atoms with E-state index in [-0.39, 0.29) is 5.69 Å². The summed E-state index contributed by atoms with van der Waals surface area (Å²) in [4.78, 5) is 5.30. The zero-order valence-corrected chi connectivity index (χ0v) is 11.2. The first kappa shape index (κ1) is 11.9. The highest BCUT2D eigenvalue weighted by Crippen LogP contribution is 2.21. The molecule has 0 aromatic carbocycles. The molecule has 86 valence electrons. The van der Waals surface area contributed by atoms with Crippen LogP contribution in [0.3, 0.4) is 0 Å². The number of rotatable bonds is 3. The Morgan fingerprint density at radius 1 is 1.53 bits per heavy atom. The molecule has 0 bridgehead atoms. The fourth-order valence-electron chi connectivity index (χ4n) is 1.28. The molecule has 6 heteroatoms. The second-order valence-corrected chi connectivity index (χ2v) is 5.24. The Balaban J connectivity index is 2.07. The van der Waals surface area contributed by atoms with Crippen molar-refractivity contribution in [2.24, 2.45) is 0 Å². The summed E-state index contributed by atoms with van der Waals surface area (Å²) in [5.74, 6) is 0.653. The molecule has 0 aliphatic heterocycles. The molecule has 0 aliphatic rings. The minimum atomic E-state index is 0.252. The van der Waals surface area contributed by atoms with Gasteiger partial charge < -0.3 is 11.1 Å². The lowest BCUT2D eigenvalue weighted by Crippen LogP contribution is -2.02. The summed E-state index contributed by atoms with van der Waals surface area (Å²) in [6.45, 7) is 0.679. The summed E-state index contributed by atoms with van der Waals surface area (Å²) in [5.41, 5.74) is 6.25. The van der Waals surface area contributed by atoms with Crippen LogP contribution in [0.4, 0.5) is 11.5 Å². The number of aromatic nitrogens is 1. The fraction of sp³-hybridized carbons (Fsp3) is 0.0909. The Morgan fingerprint density at radius 2 is 2.35 bits per heavy atom. The van der Waals surface area contributed by atoms with Crippen LogP contribution in [0.5, 0.6) is 0 Å². The van der Waals surface area contributed by atoms with Gasteiger partial charge in [0.25, 0.3) is 0 Å². The molecule has 0 radical (unpaired) electrons. The van der Waals surface area contributed by atoms with E-state index in [1.54, 1.807) is 23.5 Å². The van der Waals surface area contributed by atoms with Crippen molar-refractivity contribution in [1.82, 2.24) is 4.98 Å². The van der Waals surface area contributed by atoms with Crippen molar-refractivity contribution in [2.45, 2.75) is 6.54 Å². The quantitative estimate of drug-likeness (QED) is 0.914. The van der Waals surface area contributed by atoms with Gasteiger partial charge in [0.05, 0.1) is 12.2 Å². The Hall–Kier alpha value is -1.58. The Morgan fingerprint density at radius 3 is 3.00 bits per heavy atom. The average Bonchev–Trinajstić information content (AvgIpc) is 2.74. The molecule has 2 heterocycles. The number of pyridine rings is 1. The normalized spacial score (nSPS) is 9.88. The van der Waals surface area contributed by atoms with Gasteiger partial charge in [0, 0.05) is 14.7 Å². The first-order valence-corrected chi connectivity index (χ1v) is 6.49. The van der Waals surface area contributed by atoms with Gasteiger partial charge in [-0.1, -0.05) is 0 Å². The molecule has 17 heavy (non-hydrogen) atoms. The topological polar surface area (TPSA) is 74.7 Å². The van der Waals surface area contributed by atoms with E-state index in [0.717, 1.165) is 4.47 Å². The number of nitriles is 1. The highest BCUT2D eigenvalue weighted by atomic mass is 79.9. The number of hydrogen-bond acceptors (Lipinski definition) is 5. The third kappa shape index (κ3) is 2.96. The van der Waals surface area contributed by atoms with Gasteiger partial charge in [-0.15, -0.1) is 11.3 Å². The van der Waals surface area contributed by atoms with E-state index in [2.05, 4.69) is 26.2 Å². The van der Waals surface area contributed by atoms with Crippen molar-refractivity contribution >= 4 is 38.8 Å². The molecule has 0 unspecified atom stereocenters. The minimum absolute atomic E-state index is 0.252. The van der Waals surface area contributed by atoms with Crippen molar-refractivity contribution in [3.8, 4) is 6.07 Å². The zero-order chi connectivity index (χ0) is 12.3. The smallest absolute Gasteiger partial charge is 0.165 e. The van der Waals surface area contributed by atoms with E-state index in [1.165, 1.54) is 4.88 Å². The second-order valence-electron chi connectivity index (χ2n) is 3.33. The third-order valence-corrected chi connectivity index (χ3v) is 3.80. The largest absolute Gasteiger partial charge is 0.396 e. The predicted molar refractivity (Wildman–Crippen MR) is 72.7 cm³/mol. The number of hydrogen-bond donors (Lipinski definition) is 2. The van der Waals surface area contributed by atoms with E-state index < -0.39 is 0 Å². The van der Waals surface area contributed by atoms with E-state index in [0.29, 0.717) is 18.1 Å². The maximum Gasteiger partial charge on any atom is 0.165 e. The van der Waals surface area contributed by atoms with Gasteiger partial charge in [-0.25, -0.2) is 4.98 Å². The lowest BCUT2D eigenvalue weighted by Gasteiger charge is -2.05. The van der Waals surface area contributed by atoms with Crippen LogP contribution in [0, 0.1) is 11.3 Å². The van der Waals surface area contributed by atoms with Crippen molar-refractivity contribution in [3.63, 3.8) is 0 Å². The first-order valence-electron chi connectivity index (χ1n) is 4.82. The minimum Gasteiger partial charge on any atom is -0.396 e. The fourth-order valence-corrected chi connectivity index (χ4v) is 2.67. The molecule has 0 amide bonds. The van der Waals surface area contributed by atoms with E-state index in [9.17, 15) is 0 Å². The highest BCUT2D eigenvalue weighted by molar-refractivity contribution is 9.10. The monoisotopic (exact) mass is 308 g/mol. The summed E-state index contributed by atoms with van der Waals surface area (Å²) in [5, 5.41) is 14.0. The Labute approximate surface area is 111 Å². The summed E-state index contributed by atoms with van der Waals surface area (Å²) >= 11 is 5.05. The summed E-state index contributed by atoms with van der Waals surface area (Å²) < 4.78 is 1.07. The summed E-state index contributed by atoms with van der Waals surface area (Å²) in [7, 11) is 0. The van der Waals surface area contributed by atoms with Gasteiger partial charge in [-0.3, -0.25) is 0 Å². The van der Waals surface area contributed by atoms with Crippen molar-refractivity contribution < 1.29 is 0 Å². The van der Waals surface area contributed by atoms with E-state index in [1.807, 2.05) is 17.5 Å². The number of nitrogens with one attached hydrogen (secondary N) is 1. The molecule has 0 aliphatic carbocycles. The maximum absolute atomic E-state index is 8.81. The molecule has 4 nitrogen and oxygen atoms in total. The van der Waals surface area contributed by atoms with E-state index >= 15 is 0 Å². The van der Waals surface area contributed by atoms with Gasteiger partial charge in [0.2, 0.25) is 0 Å². The highest BCUT2D eigenvalue weighted by Gasteiger charge is 2.02. The van der Waals surface area contributed by atoms with Crippen molar-refractivity contribution in [1.29, 1.82) is 5.26 Å². The lowest BCUT2D eigenvalue weighted by atomic mass is 10.3. The lowest BCUT2D eigenvalue weighted by molar-refractivity contribution is 1.13. The predicted octanol–water partition coefficient (Wildman–Crippen LogP) is 2.97. The van der Waals surface area contributed by atoms with Gasteiger partial charge >= 0.3 is 0 Å². The molecule has 0 atom stereocenters. The van der Waals surface area contributed by atoms with Crippen LogP contribution in [0.15, 0.2) is 28.1 Å². The van der Waals surface area contributed by atoms with Crippen LogP contribution in [0.25, 0.3) is 0 Å². The number of anilines is 2. The number of nitrogens with two attached hydrogens (primary N) is 1.